The van der Waals surface area contributed by atoms with E-state index in [-0.39, 0.29) is 5.78 Å². The van der Waals surface area contributed by atoms with E-state index in [1.165, 1.54) is 0 Å². The van der Waals surface area contributed by atoms with Crippen LogP contribution >= 0.6 is 23.2 Å². The fraction of sp³-hybridized carbons (Fsp3) is 0.562. The van der Waals surface area contributed by atoms with Gasteiger partial charge in [0.1, 0.15) is 0 Å². The minimum atomic E-state index is -0.574. The normalized spacial score (nSPS) is 23.8. The second-order valence-electron chi connectivity index (χ2n) is 5.97. The molecule has 1 N–H and O–H groups in total. The highest BCUT2D eigenvalue weighted by Crippen LogP contribution is 2.27. The molecule has 2 rings (SSSR count). The zero-order valence-electron chi connectivity index (χ0n) is 12.2. The van der Waals surface area contributed by atoms with E-state index in [4.69, 9.17) is 23.2 Å². The molecule has 21 heavy (non-hydrogen) atoms. The molecule has 0 bridgehead atoms. The Morgan fingerprint density at radius 1 is 1.33 bits per heavy atom. The molecule has 5 heteroatoms. The van der Waals surface area contributed by atoms with Crippen LogP contribution in [-0.2, 0) is 0 Å². The number of benzene rings is 1. The Bertz CT molecular complexity index is 517. The molecule has 1 atom stereocenters. The van der Waals surface area contributed by atoms with Gasteiger partial charge in [-0.25, -0.2) is 0 Å². The van der Waals surface area contributed by atoms with E-state index < -0.39 is 5.60 Å². The van der Waals surface area contributed by atoms with Gasteiger partial charge in [-0.3, -0.25) is 4.79 Å². The number of carbonyl (C=O) groups is 1. The molecule has 0 aromatic heterocycles. The molecule has 1 heterocycles. The largest absolute Gasteiger partial charge is 0.390 e. The number of ketones is 1. The smallest absolute Gasteiger partial charge is 0.165 e. The lowest BCUT2D eigenvalue weighted by atomic mass is 9.98. The van der Waals surface area contributed by atoms with Crippen molar-refractivity contribution in [3.8, 4) is 0 Å². The summed E-state index contributed by atoms with van der Waals surface area (Å²) in [6, 6.07) is 5.13. The lowest BCUT2D eigenvalue weighted by Crippen LogP contribution is -2.30. The topological polar surface area (TPSA) is 40.5 Å². The number of nitrogens with zero attached hydrogens (tertiary/aromatic N) is 1. The highest BCUT2D eigenvalue weighted by Gasteiger charge is 2.25. The maximum Gasteiger partial charge on any atom is 0.165 e. The fourth-order valence-electron chi connectivity index (χ4n) is 2.66. The first kappa shape index (κ1) is 16.8. The summed E-state index contributed by atoms with van der Waals surface area (Å²) in [4.78, 5) is 14.5. The minimum absolute atomic E-state index is 0.0125. The van der Waals surface area contributed by atoms with Crippen LogP contribution in [0.2, 0.25) is 10.0 Å². The van der Waals surface area contributed by atoms with Gasteiger partial charge < -0.3 is 10.0 Å². The van der Waals surface area contributed by atoms with E-state index in [0.29, 0.717) is 28.6 Å². The Hall–Kier alpha value is -0.610. The van der Waals surface area contributed by atoms with Gasteiger partial charge in [0.05, 0.1) is 15.6 Å². The van der Waals surface area contributed by atoms with E-state index in [1.807, 2.05) is 6.92 Å². The van der Waals surface area contributed by atoms with E-state index in [2.05, 4.69) is 4.90 Å². The summed E-state index contributed by atoms with van der Waals surface area (Å²) in [5, 5.41) is 10.8. The predicted molar refractivity (Wildman–Crippen MR) is 86.3 cm³/mol. The van der Waals surface area contributed by atoms with Crippen molar-refractivity contribution in [2.75, 3.05) is 19.6 Å². The Kier molecular flexibility index (Phi) is 5.67. The highest BCUT2D eigenvalue weighted by atomic mass is 35.5. The number of carbonyl (C=O) groups excluding carboxylic acids is 1. The molecule has 3 nitrogen and oxygen atoms in total. The number of halogens is 2. The van der Waals surface area contributed by atoms with Gasteiger partial charge >= 0.3 is 0 Å². The molecule has 1 aliphatic rings. The van der Waals surface area contributed by atoms with Crippen LogP contribution in [0.15, 0.2) is 18.2 Å². The van der Waals surface area contributed by atoms with Gasteiger partial charge in [-0.05, 0) is 44.9 Å². The summed E-state index contributed by atoms with van der Waals surface area (Å²) in [7, 11) is 0. The zero-order chi connectivity index (χ0) is 15.5. The molecule has 0 saturated carbocycles. The molecule has 1 unspecified atom stereocenters. The third-order valence-corrected chi connectivity index (χ3v) is 4.88. The fourth-order valence-corrected chi connectivity index (χ4v) is 3.06. The van der Waals surface area contributed by atoms with Gasteiger partial charge in [-0.1, -0.05) is 29.3 Å². The number of rotatable bonds is 4. The van der Waals surface area contributed by atoms with Crippen molar-refractivity contribution in [1.29, 1.82) is 0 Å². The molecule has 0 radical (unpaired) electrons. The van der Waals surface area contributed by atoms with Gasteiger partial charge in [0.15, 0.2) is 5.78 Å². The van der Waals surface area contributed by atoms with E-state index >= 15 is 0 Å². The van der Waals surface area contributed by atoms with Crippen molar-refractivity contribution in [3.05, 3.63) is 33.8 Å². The molecular formula is C16H21Cl2NO2. The Labute approximate surface area is 135 Å². The molecule has 1 fully saturated rings. The summed E-state index contributed by atoms with van der Waals surface area (Å²) < 4.78 is 0. The average molecular weight is 330 g/mol. The second-order valence-corrected chi connectivity index (χ2v) is 6.75. The van der Waals surface area contributed by atoms with E-state index in [0.717, 1.165) is 32.4 Å². The van der Waals surface area contributed by atoms with Crippen LogP contribution in [-0.4, -0.2) is 41.0 Å². The van der Waals surface area contributed by atoms with Gasteiger partial charge in [0.25, 0.3) is 0 Å². The first-order valence-electron chi connectivity index (χ1n) is 7.31. The number of likely N-dealkylation sites (tertiary alicyclic amines) is 1. The Balaban J connectivity index is 1.91. The predicted octanol–water partition coefficient (Wildman–Crippen LogP) is 3.80. The number of aliphatic hydroxyl groups is 1. The summed E-state index contributed by atoms with van der Waals surface area (Å²) in [5.74, 6) is 0.0125. The molecule has 116 valence electrons. The monoisotopic (exact) mass is 329 g/mol. The van der Waals surface area contributed by atoms with Gasteiger partial charge in [-0.2, -0.15) is 0 Å². The number of hydrogen-bond acceptors (Lipinski definition) is 3. The molecule has 0 amide bonds. The Morgan fingerprint density at radius 2 is 2.10 bits per heavy atom. The second kappa shape index (κ2) is 7.10. The SMILES string of the molecule is CC1(O)CCCN(CCC(=O)c2cccc(Cl)c2Cl)CC1. The summed E-state index contributed by atoms with van der Waals surface area (Å²) in [5.41, 5.74) is -0.0827. The van der Waals surface area contributed by atoms with Crippen LogP contribution in [0.1, 0.15) is 43.0 Å². The Morgan fingerprint density at radius 3 is 2.86 bits per heavy atom. The lowest BCUT2D eigenvalue weighted by molar-refractivity contribution is 0.0447. The van der Waals surface area contributed by atoms with Gasteiger partial charge in [0, 0.05) is 25.1 Å². The molecule has 1 saturated heterocycles. The van der Waals surface area contributed by atoms with E-state index in [9.17, 15) is 9.90 Å². The summed E-state index contributed by atoms with van der Waals surface area (Å²) in [6.45, 7) is 4.32. The van der Waals surface area contributed by atoms with Crippen LogP contribution in [0, 0.1) is 0 Å². The third-order valence-electron chi connectivity index (χ3n) is 4.06. The molecular weight excluding hydrogens is 309 g/mol. The minimum Gasteiger partial charge on any atom is -0.390 e. The van der Waals surface area contributed by atoms with Crippen LogP contribution in [0.4, 0.5) is 0 Å². The number of hydrogen-bond donors (Lipinski definition) is 1. The van der Waals surface area contributed by atoms with Crippen molar-refractivity contribution >= 4 is 29.0 Å². The van der Waals surface area contributed by atoms with Crippen molar-refractivity contribution in [1.82, 2.24) is 4.90 Å². The summed E-state index contributed by atoms with van der Waals surface area (Å²) >= 11 is 12.0. The lowest BCUT2D eigenvalue weighted by Gasteiger charge is -2.22. The van der Waals surface area contributed by atoms with Crippen molar-refractivity contribution < 1.29 is 9.90 Å². The highest BCUT2D eigenvalue weighted by molar-refractivity contribution is 6.43. The standard InChI is InChI=1S/C16H21Cl2NO2/c1-16(21)7-3-9-19(11-8-16)10-6-14(20)12-4-2-5-13(17)15(12)18/h2,4-5,21H,3,6-11H2,1H3. The molecule has 1 aromatic carbocycles. The maximum atomic E-state index is 12.3. The molecule has 0 spiro atoms. The van der Waals surface area contributed by atoms with Gasteiger partial charge in [0.2, 0.25) is 0 Å². The third kappa shape index (κ3) is 4.68. The number of Topliss-reactive ketones (excluding diaryl/α,β-unsaturated/α-hetero) is 1. The van der Waals surface area contributed by atoms with Crippen molar-refractivity contribution in [3.63, 3.8) is 0 Å². The van der Waals surface area contributed by atoms with Crippen LogP contribution < -0.4 is 0 Å². The molecule has 1 aromatic rings. The zero-order valence-corrected chi connectivity index (χ0v) is 13.8. The first-order chi connectivity index (χ1) is 9.89. The quantitative estimate of drug-likeness (QED) is 0.854. The van der Waals surface area contributed by atoms with Crippen LogP contribution in [0.3, 0.4) is 0 Å². The summed E-state index contributed by atoms with van der Waals surface area (Å²) in [6.07, 6.45) is 2.94. The average Bonchev–Trinajstić information content (AvgIpc) is 2.60. The maximum absolute atomic E-state index is 12.3. The van der Waals surface area contributed by atoms with E-state index in [1.54, 1.807) is 18.2 Å². The van der Waals surface area contributed by atoms with Crippen LogP contribution in [0.5, 0.6) is 0 Å². The van der Waals surface area contributed by atoms with Crippen LogP contribution in [0.25, 0.3) is 0 Å². The molecule has 0 aliphatic carbocycles. The first-order valence-corrected chi connectivity index (χ1v) is 8.06. The van der Waals surface area contributed by atoms with Gasteiger partial charge in [-0.15, -0.1) is 0 Å². The van der Waals surface area contributed by atoms with Crippen molar-refractivity contribution in [2.45, 2.75) is 38.2 Å². The molecule has 1 aliphatic heterocycles. The van der Waals surface area contributed by atoms with Crippen molar-refractivity contribution in [2.24, 2.45) is 0 Å².